The molecule has 7 heteroatoms. The number of amides is 1. The molecule has 1 amide bonds. The molecule has 6 nitrogen and oxygen atoms in total. The maximum Gasteiger partial charge on any atom is 0.337 e. The molecule has 0 atom stereocenters. The third kappa shape index (κ3) is 3.82. The normalized spacial score (nSPS) is 12.3. The summed E-state index contributed by atoms with van der Waals surface area (Å²) in [5.74, 6) is 0.0204. The first-order valence-corrected chi connectivity index (χ1v) is 9.26. The van der Waals surface area contributed by atoms with Gasteiger partial charge in [-0.05, 0) is 54.6 Å². The number of fused-ring (bicyclic) bond motifs is 2. The lowest BCUT2D eigenvalue weighted by atomic mass is 10.1. The lowest BCUT2D eigenvalue weighted by Gasteiger charge is -2.22. The van der Waals surface area contributed by atoms with Crippen molar-refractivity contribution in [1.82, 2.24) is 0 Å². The van der Waals surface area contributed by atoms with E-state index in [4.69, 9.17) is 9.47 Å². The number of hydrogen-bond donors (Lipinski definition) is 0. The molecule has 0 radical (unpaired) electrons. The molecular formula is C23H18FNO5. The van der Waals surface area contributed by atoms with Gasteiger partial charge in [0.25, 0.3) is 5.91 Å². The van der Waals surface area contributed by atoms with Crippen LogP contribution in [0.25, 0.3) is 0 Å². The SMILES string of the molecule is COC(=O)c1ccc(OCCN2C(=O)c3cc(F)ccc3Oc3ccccc32)cc1. The van der Waals surface area contributed by atoms with Crippen LogP contribution in [0.1, 0.15) is 20.7 Å². The molecule has 1 aliphatic rings. The Kier molecular flexibility index (Phi) is 5.34. The van der Waals surface area contributed by atoms with E-state index in [1.54, 1.807) is 48.5 Å². The largest absolute Gasteiger partial charge is 0.492 e. The van der Waals surface area contributed by atoms with Gasteiger partial charge in [0, 0.05) is 0 Å². The zero-order valence-electron chi connectivity index (χ0n) is 16.1. The highest BCUT2D eigenvalue weighted by molar-refractivity contribution is 6.09. The molecule has 1 aliphatic heterocycles. The Morgan fingerprint density at radius 1 is 1.03 bits per heavy atom. The van der Waals surface area contributed by atoms with Gasteiger partial charge < -0.3 is 19.1 Å². The zero-order chi connectivity index (χ0) is 21.1. The molecule has 0 saturated heterocycles. The van der Waals surface area contributed by atoms with E-state index in [-0.39, 0.29) is 24.6 Å². The molecule has 0 fully saturated rings. The van der Waals surface area contributed by atoms with E-state index in [2.05, 4.69) is 4.74 Å². The second-order valence-corrected chi connectivity index (χ2v) is 6.53. The van der Waals surface area contributed by atoms with Crippen LogP contribution in [0.2, 0.25) is 0 Å². The number of nitrogens with zero attached hydrogens (tertiary/aromatic N) is 1. The Morgan fingerprint density at radius 2 is 1.80 bits per heavy atom. The number of methoxy groups -OCH3 is 1. The lowest BCUT2D eigenvalue weighted by Crippen LogP contribution is -2.34. The van der Waals surface area contributed by atoms with Crippen molar-refractivity contribution in [3.63, 3.8) is 0 Å². The number of rotatable bonds is 5. The van der Waals surface area contributed by atoms with Crippen molar-refractivity contribution in [2.45, 2.75) is 0 Å². The van der Waals surface area contributed by atoms with Gasteiger partial charge in [0.1, 0.15) is 23.9 Å². The van der Waals surface area contributed by atoms with Crippen LogP contribution >= 0.6 is 0 Å². The molecule has 0 N–H and O–H groups in total. The fourth-order valence-corrected chi connectivity index (χ4v) is 3.18. The topological polar surface area (TPSA) is 65.1 Å². The number of ether oxygens (including phenoxy) is 3. The van der Waals surface area contributed by atoms with E-state index in [0.717, 1.165) is 0 Å². The summed E-state index contributed by atoms with van der Waals surface area (Å²) in [6.07, 6.45) is 0. The fourth-order valence-electron chi connectivity index (χ4n) is 3.18. The average Bonchev–Trinajstić information content (AvgIpc) is 2.88. The van der Waals surface area contributed by atoms with Crippen LogP contribution in [-0.4, -0.2) is 32.1 Å². The standard InChI is InChI=1S/C23H18FNO5/c1-28-23(27)15-6-9-17(10-7-15)29-13-12-25-19-4-2-3-5-21(19)30-20-11-8-16(24)14-18(20)22(25)26/h2-11,14H,12-13H2,1H3. The molecular weight excluding hydrogens is 389 g/mol. The van der Waals surface area contributed by atoms with E-state index in [1.807, 2.05) is 0 Å². The van der Waals surface area contributed by atoms with Crippen LogP contribution in [0, 0.1) is 5.82 Å². The van der Waals surface area contributed by atoms with Crippen molar-refractivity contribution in [1.29, 1.82) is 0 Å². The summed E-state index contributed by atoms with van der Waals surface area (Å²) in [5, 5.41) is 0. The van der Waals surface area contributed by atoms with Gasteiger partial charge in [-0.25, -0.2) is 9.18 Å². The molecule has 30 heavy (non-hydrogen) atoms. The Labute approximate surface area is 172 Å². The maximum atomic E-state index is 13.8. The first-order chi connectivity index (χ1) is 14.6. The minimum atomic E-state index is -0.515. The van der Waals surface area contributed by atoms with Crippen LogP contribution in [0.5, 0.6) is 17.2 Å². The van der Waals surface area contributed by atoms with Crippen molar-refractivity contribution in [3.05, 3.63) is 83.7 Å². The first-order valence-electron chi connectivity index (χ1n) is 9.26. The first kappa shape index (κ1) is 19.4. The van der Waals surface area contributed by atoms with Crippen LogP contribution in [0.4, 0.5) is 10.1 Å². The summed E-state index contributed by atoms with van der Waals surface area (Å²) >= 11 is 0. The predicted octanol–water partition coefficient (Wildman–Crippen LogP) is 4.44. The summed E-state index contributed by atoms with van der Waals surface area (Å²) < 4.78 is 30.0. The van der Waals surface area contributed by atoms with Gasteiger partial charge in [0.05, 0.1) is 30.5 Å². The van der Waals surface area contributed by atoms with Gasteiger partial charge in [-0.3, -0.25) is 4.79 Å². The second kappa shape index (κ2) is 8.24. The molecule has 0 spiro atoms. The Morgan fingerprint density at radius 3 is 2.57 bits per heavy atom. The number of halogens is 1. The predicted molar refractivity (Wildman–Crippen MR) is 108 cm³/mol. The minimum absolute atomic E-state index is 0.147. The molecule has 0 aliphatic carbocycles. The number of hydrogen-bond acceptors (Lipinski definition) is 5. The van der Waals surface area contributed by atoms with Crippen molar-refractivity contribution in [2.24, 2.45) is 0 Å². The van der Waals surface area contributed by atoms with E-state index < -0.39 is 11.8 Å². The summed E-state index contributed by atoms with van der Waals surface area (Å²) in [6, 6.07) is 17.5. The Hall–Kier alpha value is -3.87. The monoisotopic (exact) mass is 407 g/mol. The lowest BCUT2D eigenvalue weighted by molar-refractivity contribution is 0.0600. The quantitative estimate of drug-likeness (QED) is 0.585. The third-order valence-electron chi connectivity index (χ3n) is 4.65. The van der Waals surface area contributed by atoms with Gasteiger partial charge in [-0.15, -0.1) is 0 Å². The Bertz CT molecular complexity index is 1100. The number of benzene rings is 3. The summed E-state index contributed by atoms with van der Waals surface area (Å²) in [4.78, 5) is 26.1. The number of anilines is 1. The molecule has 152 valence electrons. The van der Waals surface area contributed by atoms with Gasteiger partial charge in [-0.1, -0.05) is 12.1 Å². The molecule has 4 rings (SSSR count). The van der Waals surface area contributed by atoms with Gasteiger partial charge in [0.15, 0.2) is 5.75 Å². The zero-order valence-corrected chi connectivity index (χ0v) is 16.1. The highest BCUT2D eigenvalue weighted by atomic mass is 19.1. The number of esters is 1. The van der Waals surface area contributed by atoms with E-state index in [1.165, 1.54) is 30.2 Å². The molecule has 0 unspecified atom stereocenters. The van der Waals surface area contributed by atoms with E-state index >= 15 is 0 Å². The van der Waals surface area contributed by atoms with Crippen molar-refractivity contribution < 1.29 is 28.2 Å². The number of para-hydroxylation sites is 2. The van der Waals surface area contributed by atoms with Gasteiger partial charge in [0.2, 0.25) is 0 Å². The maximum absolute atomic E-state index is 13.8. The van der Waals surface area contributed by atoms with Crippen LogP contribution < -0.4 is 14.4 Å². The molecule has 0 bridgehead atoms. The van der Waals surface area contributed by atoms with Gasteiger partial charge in [-0.2, -0.15) is 0 Å². The number of carbonyl (C=O) groups excluding carboxylic acids is 2. The Balaban J connectivity index is 1.54. The van der Waals surface area contributed by atoms with Crippen LogP contribution in [0.3, 0.4) is 0 Å². The summed E-state index contributed by atoms with van der Waals surface area (Å²) in [6.45, 7) is 0.399. The molecule has 1 heterocycles. The smallest absolute Gasteiger partial charge is 0.337 e. The van der Waals surface area contributed by atoms with E-state index in [9.17, 15) is 14.0 Å². The average molecular weight is 407 g/mol. The number of carbonyl (C=O) groups is 2. The summed E-state index contributed by atoms with van der Waals surface area (Å²) in [5.41, 5.74) is 1.13. The third-order valence-corrected chi connectivity index (χ3v) is 4.65. The summed E-state index contributed by atoms with van der Waals surface area (Å²) in [7, 11) is 1.32. The minimum Gasteiger partial charge on any atom is -0.492 e. The van der Waals surface area contributed by atoms with Crippen molar-refractivity contribution >= 4 is 17.6 Å². The second-order valence-electron chi connectivity index (χ2n) is 6.53. The van der Waals surface area contributed by atoms with Gasteiger partial charge >= 0.3 is 5.97 Å². The van der Waals surface area contributed by atoms with Crippen molar-refractivity contribution in [3.8, 4) is 17.2 Å². The highest BCUT2D eigenvalue weighted by Crippen LogP contribution is 2.38. The van der Waals surface area contributed by atoms with Crippen molar-refractivity contribution in [2.75, 3.05) is 25.2 Å². The van der Waals surface area contributed by atoms with Crippen LogP contribution in [-0.2, 0) is 4.74 Å². The van der Waals surface area contributed by atoms with E-state index in [0.29, 0.717) is 28.5 Å². The molecule has 3 aromatic carbocycles. The molecule has 0 aromatic heterocycles. The fraction of sp³-hybridized carbons (Fsp3) is 0.130. The molecule has 0 saturated carbocycles. The van der Waals surface area contributed by atoms with Crippen LogP contribution in [0.15, 0.2) is 66.7 Å². The highest BCUT2D eigenvalue weighted by Gasteiger charge is 2.28. The molecule has 3 aromatic rings.